The van der Waals surface area contributed by atoms with E-state index in [2.05, 4.69) is 28.4 Å². The van der Waals surface area contributed by atoms with Gasteiger partial charge in [-0.25, -0.2) is 0 Å². The van der Waals surface area contributed by atoms with Gasteiger partial charge in [0.2, 0.25) is 5.91 Å². The normalized spacial score (nSPS) is 23.3. The lowest BCUT2D eigenvalue weighted by atomic mass is 10.1. The summed E-state index contributed by atoms with van der Waals surface area (Å²) >= 11 is 1.96. The van der Waals surface area contributed by atoms with Crippen LogP contribution in [0.5, 0.6) is 5.75 Å². The first-order chi connectivity index (χ1) is 12.3. The molecule has 1 aliphatic carbocycles. The zero-order valence-electron chi connectivity index (χ0n) is 14.8. The van der Waals surface area contributed by atoms with Crippen LogP contribution in [0.15, 0.2) is 18.2 Å². The van der Waals surface area contributed by atoms with Crippen molar-refractivity contribution in [1.29, 1.82) is 0 Å². The Morgan fingerprint density at radius 3 is 3.00 bits per heavy atom. The molecule has 2 heterocycles. The van der Waals surface area contributed by atoms with Crippen LogP contribution in [0.25, 0.3) is 0 Å². The lowest BCUT2D eigenvalue weighted by Gasteiger charge is -2.32. The van der Waals surface area contributed by atoms with Crippen molar-refractivity contribution in [3.05, 3.63) is 29.3 Å². The maximum Gasteiger partial charge on any atom is 0.224 e. The van der Waals surface area contributed by atoms with E-state index in [1.807, 2.05) is 11.8 Å². The third-order valence-corrected chi connectivity index (χ3v) is 6.74. The summed E-state index contributed by atoms with van der Waals surface area (Å²) in [6.45, 7) is 2.56. The van der Waals surface area contributed by atoms with Gasteiger partial charge in [0.05, 0.1) is 6.61 Å². The minimum absolute atomic E-state index is 0.323. The Balaban J connectivity index is 1.46. The van der Waals surface area contributed by atoms with Gasteiger partial charge in [-0.15, -0.1) is 0 Å². The number of nitrogens with zero attached hydrogens (tertiary/aromatic N) is 1. The second kappa shape index (κ2) is 8.00. The number of hydrogen-bond donors (Lipinski definition) is 1. The van der Waals surface area contributed by atoms with E-state index >= 15 is 0 Å². The molecule has 0 aromatic heterocycles. The summed E-state index contributed by atoms with van der Waals surface area (Å²) in [5.74, 6) is 3.56. The molecule has 4 rings (SSSR count). The molecule has 136 valence electrons. The minimum atomic E-state index is 0.323. The molecule has 1 aromatic carbocycles. The van der Waals surface area contributed by atoms with Gasteiger partial charge >= 0.3 is 0 Å². The number of amides is 1. The molecule has 0 radical (unpaired) electrons. The van der Waals surface area contributed by atoms with E-state index in [4.69, 9.17) is 4.74 Å². The van der Waals surface area contributed by atoms with Gasteiger partial charge in [-0.2, -0.15) is 11.8 Å². The largest absolute Gasteiger partial charge is 0.493 e. The van der Waals surface area contributed by atoms with Crippen LogP contribution in [0.4, 0.5) is 0 Å². The smallest absolute Gasteiger partial charge is 0.224 e. The molecule has 1 amide bonds. The Labute approximate surface area is 154 Å². The summed E-state index contributed by atoms with van der Waals surface area (Å²) in [6.07, 6.45) is 6.45. The number of carbonyl (C=O) groups excluding carboxylic acids is 1. The van der Waals surface area contributed by atoms with Crippen LogP contribution in [0.3, 0.4) is 0 Å². The minimum Gasteiger partial charge on any atom is -0.493 e. The van der Waals surface area contributed by atoms with Crippen LogP contribution < -0.4 is 10.1 Å². The second-order valence-electron chi connectivity index (χ2n) is 7.43. The zero-order valence-corrected chi connectivity index (χ0v) is 15.7. The van der Waals surface area contributed by atoms with Crippen molar-refractivity contribution in [2.45, 2.75) is 57.2 Å². The Hall–Kier alpha value is -1.20. The predicted octanol–water partition coefficient (Wildman–Crippen LogP) is 2.99. The maximum atomic E-state index is 13.1. The maximum absolute atomic E-state index is 13.1. The number of benzene rings is 1. The highest BCUT2D eigenvalue weighted by Crippen LogP contribution is 2.29. The molecule has 1 atom stereocenters. The summed E-state index contributed by atoms with van der Waals surface area (Å²) in [4.78, 5) is 15.3. The van der Waals surface area contributed by atoms with Crippen molar-refractivity contribution in [2.75, 3.05) is 24.7 Å². The summed E-state index contributed by atoms with van der Waals surface area (Å²) in [5, 5.41) is 3.51. The van der Waals surface area contributed by atoms with Gasteiger partial charge < -0.3 is 15.0 Å². The number of fused-ring (bicyclic) bond motifs is 1. The first-order valence-electron chi connectivity index (χ1n) is 9.65. The first-order valence-corrected chi connectivity index (χ1v) is 10.8. The molecule has 1 saturated carbocycles. The molecule has 0 spiro atoms. The number of thioether (sulfide) groups is 1. The predicted molar refractivity (Wildman–Crippen MR) is 102 cm³/mol. The van der Waals surface area contributed by atoms with Gasteiger partial charge in [-0.3, -0.25) is 4.79 Å². The van der Waals surface area contributed by atoms with Crippen LogP contribution in [0.2, 0.25) is 0 Å². The van der Waals surface area contributed by atoms with E-state index in [1.54, 1.807) is 0 Å². The Morgan fingerprint density at radius 2 is 2.20 bits per heavy atom. The van der Waals surface area contributed by atoms with Crippen LogP contribution in [-0.4, -0.2) is 47.5 Å². The van der Waals surface area contributed by atoms with Crippen LogP contribution >= 0.6 is 11.8 Å². The molecule has 2 aliphatic heterocycles. The van der Waals surface area contributed by atoms with Crippen LogP contribution in [0.1, 0.15) is 43.2 Å². The van der Waals surface area contributed by atoms with Crippen molar-refractivity contribution in [3.8, 4) is 5.75 Å². The Bertz CT molecular complexity index is 610. The lowest BCUT2D eigenvalue weighted by molar-refractivity contribution is -0.134. The molecule has 1 N–H and O–H groups in total. The monoisotopic (exact) mass is 360 g/mol. The van der Waals surface area contributed by atoms with Crippen molar-refractivity contribution >= 4 is 17.7 Å². The third-order valence-electron chi connectivity index (χ3n) is 5.61. The zero-order chi connectivity index (χ0) is 17.1. The molecule has 2 fully saturated rings. The van der Waals surface area contributed by atoms with E-state index < -0.39 is 0 Å². The first kappa shape index (κ1) is 17.2. The summed E-state index contributed by atoms with van der Waals surface area (Å²) < 4.78 is 5.62. The Morgan fingerprint density at radius 1 is 1.32 bits per heavy atom. The van der Waals surface area contributed by atoms with Gasteiger partial charge in [0, 0.05) is 49.5 Å². The summed E-state index contributed by atoms with van der Waals surface area (Å²) in [5.41, 5.74) is 2.54. The van der Waals surface area contributed by atoms with E-state index in [0.29, 0.717) is 24.4 Å². The third kappa shape index (κ3) is 4.14. The van der Waals surface area contributed by atoms with Crippen LogP contribution in [0, 0.1) is 0 Å². The molecule has 1 aromatic rings. The molecule has 1 unspecified atom stereocenters. The van der Waals surface area contributed by atoms with Gasteiger partial charge in [-0.05, 0) is 30.0 Å². The molecule has 25 heavy (non-hydrogen) atoms. The number of rotatable bonds is 5. The molecule has 3 aliphatic rings. The lowest BCUT2D eigenvalue weighted by Crippen LogP contribution is -2.45. The molecule has 0 bridgehead atoms. The number of nitrogens with one attached hydrogen (secondary N) is 1. The van der Waals surface area contributed by atoms with Crippen molar-refractivity contribution < 1.29 is 9.53 Å². The highest BCUT2D eigenvalue weighted by atomic mass is 32.2. The highest BCUT2D eigenvalue weighted by molar-refractivity contribution is 7.99. The summed E-state index contributed by atoms with van der Waals surface area (Å²) in [6, 6.07) is 7.21. The van der Waals surface area contributed by atoms with Gasteiger partial charge in [0.1, 0.15) is 5.75 Å². The SMILES string of the molecule is O=C(CC1CSCCN1)N(Cc1ccc2c(c1)CCO2)C1CCCC1. The van der Waals surface area contributed by atoms with Crippen LogP contribution in [-0.2, 0) is 17.8 Å². The number of hydrogen-bond acceptors (Lipinski definition) is 4. The molecule has 5 heteroatoms. The van der Waals surface area contributed by atoms with Gasteiger partial charge in [-0.1, -0.05) is 25.0 Å². The molecular weight excluding hydrogens is 332 g/mol. The Kier molecular flexibility index (Phi) is 5.51. The van der Waals surface area contributed by atoms with E-state index in [1.165, 1.54) is 24.0 Å². The molecular formula is C20H28N2O2S. The van der Waals surface area contributed by atoms with Gasteiger partial charge in [0.15, 0.2) is 0 Å². The topological polar surface area (TPSA) is 41.6 Å². The highest BCUT2D eigenvalue weighted by Gasteiger charge is 2.29. The fourth-order valence-electron chi connectivity index (χ4n) is 4.25. The fraction of sp³-hybridized carbons (Fsp3) is 0.650. The standard InChI is InChI=1S/C20H28N2O2S/c23-20(12-17-14-25-10-8-21-17)22(18-3-1-2-4-18)13-15-5-6-19-16(11-15)7-9-24-19/h5-6,11,17-18,21H,1-4,7-10,12-14H2. The van der Waals surface area contributed by atoms with E-state index in [-0.39, 0.29) is 0 Å². The van der Waals surface area contributed by atoms with E-state index in [0.717, 1.165) is 56.2 Å². The number of ether oxygens (including phenoxy) is 1. The van der Waals surface area contributed by atoms with Crippen molar-refractivity contribution in [1.82, 2.24) is 10.2 Å². The summed E-state index contributed by atoms with van der Waals surface area (Å²) in [7, 11) is 0. The van der Waals surface area contributed by atoms with Gasteiger partial charge in [0.25, 0.3) is 0 Å². The second-order valence-corrected chi connectivity index (χ2v) is 8.58. The molecule has 1 saturated heterocycles. The average Bonchev–Trinajstić information content (AvgIpc) is 3.31. The molecule has 4 nitrogen and oxygen atoms in total. The number of carbonyl (C=O) groups is 1. The van der Waals surface area contributed by atoms with Crippen molar-refractivity contribution in [3.63, 3.8) is 0 Å². The quantitative estimate of drug-likeness (QED) is 0.876. The van der Waals surface area contributed by atoms with Crippen molar-refractivity contribution in [2.24, 2.45) is 0 Å². The van der Waals surface area contributed by atoms with E-state index in [9.17, 15) is 4.79 Å². The average molecular weight is 361 g/mol. The fourth-order valence-corrected chi connectivity index (χ4v) is 5.20.